The molecule has 0 aliphatic rings. The zero-order chi connectivity index (χ0) is 20.5. The molecular weight excluding hydrogens is 363 g/mol. The van der Waals surface area contributed by atoms with Gasteiger partial charge in [-0.3, -0.25) is 9.20 Å². The number of halogens is 1. The Bertz CT molecular complexity index is 1010. The molecule has 0 aliphatic heterocycles. The zero-order valence-electron chi connectivity index (χ0n) is 16.2. The molecule has 3 aromatic heterocycles. The largest absolute Gasteiger partial charge is 0.460 e. The summed E-state index contributed by atoms with van der Waals surface area (Å²) in [4.78, 5) is 24.9. The van der Waals surface area contributed by atoms with Gasteiger partial charge in [0.05, 0.1) is 24.5 Å². The molecule has 9 heteroatoms. The lowest BCUT2D eigenvalue weighted by Gasteiger charge is -2.21. The van der Waals surface area contributed by atoms with E-state index >= 15 is 0 Å². The van der Waals surface area contributed by atoms with Crippen LogP contribution in [-0.2, 0) is 9.53 Å². The number of anilines is 2. The molecule has 0 spiro atoms. The zero-order valence-corrected chi connectivity index (χ0v) is 16.2. The molecule has 148 valence electrons. The van der Waals surface area contributed by atoms with Crippen LogP contribution in [0.3, 0.4) is 0 Å². The Hall–Kier alpha value is -3.23. The number of nitrogens with one attached hydrogen (secondary N) is 1. The van der Waals surface area contributed by atoms with E-state index in [-0.39, 0.29) is 18.4 Å². The summed E-state index contributed by atoms with van der Waals surface area (Å²) in [6.45, 7) is 7.28. The van der Waals surface area contributed by atoms with Crippen LogP contribution in [0.25, 0.3) is 17.2 Å². The highest BCUT2D eigenvalue weighted by Crippen LogP contribution is 2.23. The number of carbonyl (C=O) groups excluding carboxylic acids is 1. The number of nitrogen functional groups attached to an aromatic ring is 1. The molecule has 3 rings (SSSR count). The van der Waals surface area contributed by atoms with Crippen molar-refractivity contribution in [2.45, 2.75) is 45.8 Å². The van der Waals surface area contributed by atoms with Crippen molar-refractivity contribution in [2.24, 2.45) is 0 Å². The number of fused-ring (bicyclic) bond motifs is 1. The van der Waals surface area contributed by atoms with Crippen molar-refractivity contribution in [3.63, 3.8) is 0 Å². The third-order valence-corrected chi connectivity index (χ3v) is 3.79. The minimum atomic E-state index is -0.545. The lowest BCUT2D eigenvalue weighted by Crippen LogP contribution is -2.28. The number of ether oxygens (including phenoxy) is 1. The van der Waals surface area contributed by atoms with Crippen molar-refractivity contribution in [2.75, 3.05) is 11.1 Å². The molecule has 0 aromatic carbocycles. The highest BCUT2D eigenvalue weighted by Gasteiger charge is 2.19. The Kier molecular flexibility index (Phi) is 5.17. The van der Waals surface area contributed by atoms with Crippen LogP contribution in [0.5, 0.6) is 0 Å². The SMILES string of the molecule is C[C@H](CC(=O)OC(C)(C)C)Nc1nc(-c2cnc3ccc(F)cn23)ncc1N. The minimum Gasteiger partial charge on any atom is -0.460 e. The fourth-order valence-corrected chi connectivity index (χ4v) is 2.67. The van der Waals surface area contributed by atoms with E-state index in [4.69, 9.17) is 10.5 Å². The molecule has 0 saturated heterocycles. The van der Waals surface area contributed by atoms with Gasteiger partial charge in [0.15, 0.2) is 11.6 Å². The highest BCUT2D eigenvalue weighted by molar-refractivity contribution is 5.72. The van der Waals surface area contributed by atoms with Gasteiger partial charge in [-0.2, -0.15) is 0 Å². The number of nitrogens with two attached hydrogens (primary N) is 1. The highest BCUT2D eigenvalue weighted by atomic mass is 19.1. The molecule has 0 fully saturated rings. The van der Waals surface area contributed by atoms with Gasteiger partial charge in [-0.1, -0.05) is 0 Å². The predicted octanol–water partition coefficient (Wildman–Crippen LogP) is 3.04. The van der Waals surface area contributed by atoms with E-state index in [0.29, 0.717) is 28.7 Å². The van der Waals surface area contributed by atoms with Gasteiger partial charge in [0, 0.05) is 12.2 Å². The molecule has 28 heavy (non-hydrogen) atoms. The first-order valence-corrected chi connectivity index (χ1v) is 8.86. The van der Waals surface area contributed by atoms with Crippen LogP contribution in [0.1, 0.15) is 34.1 Å². The average molecular weight is 386 g/mol. The lowest BCUT2D eigenvalue weighted by atomic mass is 10.2. The van der Waals surface area contributed by atoms with Crippen molar-refractivity contribution in [3.8, 4) is 11.5 Å². The maximum atomic E-state index is 13.6. The number of nitrogens with zero attached hydrogens (tertiary/aromatic N) is 4. The molecule has 0 radical (unpaired) electrons. The monoisotopic (exact) mass is 386 g/mol. The van der Waals surface area contributed by atoms with E-state index in [0.717, 1.165) is 0 Å². The average Bonchev–Trinajstić information content (AvgIpc) is 2.98. The van der Waals surface area contributed by atoms with E-state index in [1.54, 1.807) is 16.7 Å². The van der Waals surface area contributed by atoms with Gasteiger partial charge in [-0.05, 0) is 39.8 Å². The molecule has 3 aromatic rings. The summed E-state index contributed by atoms with van der Waals surface area (Å²) in [6.07, 6.45) is 4.49. The Balaban J connectivity index is 1.81. The third-order valence-electron chi connectivity index (χ3n) is 3.79. The number of imidazole rings is 1. The van der Waals surface area contributed by atoms with Crippen molar-refractivity contribution < 1.29 is 13.9 Å². The van der Waals surface area contributed by atoms with E-state index in [1.165, 1.54) is 18.5 Å². The Labute approximate surface area is 162 Å². The van der Waals surface area contributed by atoms with E-state index in [1.807, 2.05) is 27.7 Å². The standard InChI is InChI=1S/C19H23FN6O2/c1-11(7-16(27)28-19(2,3)4)24-17-13(21)8-23-18(25-17)14-9-22-15-6-5-12(20)10-26(14)15/h5-6,8-11H,7,21H2,1-4H3,(H,23,24,25)/t11-/m1/s1. The Morgan fingerprint density at radius 3 is 2.79 bits per heavy atom. The first-order valence-electron chi connectivity index (χ1n) is 8.86. The summed E-state index contributed by atoms with van der Waals surface area (Å²) >= 11 is 0. The number of aromatic nitrogens is 4. The van der Waals surface area contributed by atoms with Crippen LogP contribution >= 0.6 is 0 Å². The number of hydrogen-bond donors (Lipinski definition) is 2. The quantitative estimate of drug-likeness (QED) is 0.649. The summed E-state index contributed by atoms with van der Waals surface area (Å²) in [5.74, 6) is -0.00387. The Morgan fingerprint density at radius 1 is 1.32 bits per heavy atom. The summed E-state index contributed by atoms with van der Waals surface area (Å²) in [7, 11) is 0. The first-order chi connectivity index (χ1) is 13.1. The minimum absolute atomic E-state index is 0.150. The van der Waals surface area contributed by atoms with E-state index < -0.39 is 11.4 Å². The smallest absolute Gasteiger partial charge is 0.308 e. The molecule has 1 atom stereocenters. The second-order valence-corrected chi connectivity index (χ2v) is 7.55. The number of rotatable bonds is 5. The van der Waals surface area contributed by atoms with Gasteiger partial charge in [-0.15, -0.1) is 0 Å². The van der Waals surface area contributed by atoms with Gasteiger partial charge >= 0.3 is 5.97 Å². The number of pyridine rings is 1. The van der Waals surface area contributed by atoms with Crippen LogP contribution < -0.4 is 11.1 Å². The molecule has 0 saturated carbocycles. The van der Waals surface area contributed by atoms with Crippen LogP contribution in [-0.4, -0.2) is 37.0 Å². The molecule has 0 bridgehead atoms. The van der Waals surface area contributed by atoms with Gasteiger partial charge in [0.25, 0.3) is 0 Å². The molecule has 0 amide bonds. The van der Waals surface area contributed by atoms with Gasteiger partial charge in [-0.25, -0.2) is 19.3 Å². The fraction of sp³-hybridized carbons (Fsp3) is 0.368. The summed E-state index contributed by atoms with van der Waals surface area (Å²) < 4.78 is 20.5. The van der Waals surface area contributed by atoms with Crippen LogP contribution in [0.2, 0.25) is 0 Å². The van der Waals surface area contributed by atoms with Gasteiger partial charge < -0.3 is 15.8 Å². The van der Waals surface area contributed by atoms with Crippen LogP contribution in [0.4, 0.5) is 15.9 Å². The fourth-order valence-electron chi connectivity index (χ4n) is 2.67. The molecule has 3 heterocycles. The summed E-state index contributed by atoms with van der Waals surface area (Å²) in [5, 5.41) is 3.11. The van der Waals surface area contributed by atoms with Crippen molar-refractivity contribution >= 4 is 23.1 Å². The first kappa shape index (κ1) is 19.5. The molecule has 8 nitrogen and oxygen atoms in total. The molecule has 0 unspecified atom stereocenters. The predicted molar refractivity (Wildman–Crippen MR) is 104 cm³/mol. The summed E-state index contributed by atoms with van der Waals surface area (Å²) in [6, 6.07) is 2.64. The van der Waals surface area contributed by atoms with E-state index in [2.05, 4.69) is 20.3 Å². The van der Waals surface area contributed by atoms with Gasteiger partial charge in [0.2, 0.25) is 0 Å². The number of carbonyl (C=O) groups is 1. The topological polar surface area (TPSA) is 107 Å². The molecule has 0 aliphatic carbocycles. The molecule has 3 N–H and O–H groups in total. The van der Waals surface area contributed by atoms with Crippen molar-refractivity contribution in [3.05, 3.63) is 36.5 Å². The van der Waals surface area contributed by atoms with Crippen LogP contribution in [0.15, 0.2) is 30.7 Å². The third kappa shape index (κ3) is 4.54. The maximum absolute atomic E-state index is 13.6. The second-order valence-electron chi connectivity index (χ2n) is 7.55. The Morgan fingerprint density at radius 2 is 2.07 bits per heavy atom. The lowest BCUT2D eigenvalue weighted by molar-refractivity contribution is -0.154. The van der Waals surface area contributed by atoms with E-state index in [9.17, 15) is 9.18 Å². The summed E-state index contributed by atoms with van der Waals surface area (Å²) in [5.41, 5.74) is 6.86. The number of esters is 1. The second kappa shape index (κ2) is 7.41. The number of hydrogen-bond acceptors (Lipinski definition) is 7. The van der Waals surface area contributed by atoms with Gasteiger partial charge in [0.1, 0.15) is 22.8 Å². The van der Waals surface area contributed by atoms with Crippen molar-refractivity contribution in [1.82, 2.24) is 19.4 Å². The van der Waals surface area contributed by atoms with Crippen molar-refractivity contribution in [1.29, 1.82) is 0 Å². The van der Waals surface area contributed by atoms with Crippen LogP contribution in [0, 0.1) is 5.82 Å². The normalized spacial score (nSPS) is 12.8. The maximum Gasteiger partial charge on any atom is 0.308 e. The molecular formula is C19H23FN6O2.